The lowest BCUT2D eigenvalue weighted by molar-refractivity contribution is -0.136. The van der Waals surface area contributed by atoms with E-state index in [2.05, 4.69) is 21.4 Å². The fourth-order valence-electron chi connectivity index (χ4n) is 1.45. The van der Waals surface area contributed by atoms with E-state index in [0.29, 0.717) is 0 Å². The lowest BCUT2D eigenvalue weighted by atomic mass is 10.0. The van der Waals surface area contributed by atoms with Crippen molar-refractivity contribution in [2.24, 2.45) is 5.84 Å². The molecule has 0 bridgehead atoms. The van der Waals surface area contributed by atoms with Gasteiger partial charge in [-0.25, -0.2) is 8.78 Å². The predicted molar refractivity (Wildman–Crippen MR) is 59.4 cm³/mol. The molecule has 0 amide bonds. The Hall–Kier alpha value is -0.730. The lowest BCUT2D eigenvalue weighted by Crippen LogP contribution is -2.29. The second-order valence-electron chi connectivity index (χ2n) is 3.64. The van der Waals surface area contributed by atoms with Gasteiger partial charge in [-0.3, -0.25) is 11.3 Å². The van der Waals surface area contributed by atoms with Crippen molar-refractivity contribution in [1.82, 2.24) is 5.43 Å². The molecule has 0 spiro atoms. The van der Waals surface area contributed by atoms with E-state index in [4.69, 9.17) is 5.84 Å². The fraction of sp³-hybridized carbons (Fsp3) is 0.400. The van der Waals surface area contributed by atoms with Crippen molar-refractivity contribution in [2.45, 2.75) is 25.1 Å². The Morgan fingerprint density at radius 1 is 1.28 bits per heavy atom. The van der Waals surface area contributed by atoms with E-state index >= 15 is 0 Å². The largest absolute Gasteiger partial charge is 0.389 e. The molecule has 3 N–H and O–H groups in total. The zero-order valence-electron chi connectivity index (χ0n) is 8.99. The van der Waals surface area contributed by atoms with Crippen molar-refractivity contribution >= 4 is 15.9 Å². The minimum atomic E-state index is -4.33. The zero-order valence-corrected chi connectivity index (χ0v) is 10.6. The first-order valence-electron chi connectivity index (χ1n) is 4.92. The molecule has 0 heterocycles. The van der Waals surface area contributed by atoms with E-state index in [1.807, 2.05) is 0 Å². The van der Waals surface area contributed by atoms with E-state index in [-0.39, 0.29) is 16.5 Å². The summed E-state index contributed by atoms with van der Waals surface area (Å²) in [7, 11) is 0. The van der Waals surface area contributed by atoms with Crippen molar-refractivity contribution in [2.75, 3.05) is 0 Å². The van der Waals surface area contributed by atoms with Crippen molar-refractivity contribution in [3.05, 3.63) is 33.8 Å². The van der Waals surface area contributed by atoms with Crippen LogP contribution >= 0.6 is 15.9 Å². The molecule has 1 aromatic rings. The smallest absolute Gasteiger partial charge is 0.271 e. The maximum Gasteiger partial charge on any atom is 0.389 e. The summed E-state index contributed by atoms with van der Waals surface area (Å²) in [5.74, 6) is 2.90. The molecule has 1 rings (SSSR count). The van der Waals surface area contributed by atoms with Crippen LogP contribution in [0.1, 0.15) is 24.4 Å². The van der Waals surface area contributed by atoms with Gasteiger partial charge in [0.1, 0.15) is 0 Å². The normalized spacial score (nSPS) is 13.7. The van der Waals surface area contributed by atoms with Gasteiger partial charge in [-0.15, -0.1) is 0 Å². The number of hydrogen-bond donors (Lipinski definition) is 2. The Morgan fingerprint density at radius 2 is 1.89 bits per heavy atom. The van der Waals surface area contributed by atoms with Crippen molar-refractivity contribution in [3.8, 4) is 0 Å². The summed E-state index contributed by atoms with van der Waals surface area (Å²) < 4.78 is 62.2. The second kappa shape index (κ2) is 5.94. The fourth-order valence-corrected chi connectivity index (χ4v) is 2.04. The summed E-state index contributed by atoms with van der Waals surface area (Å²) in [6.07, 6.45) is -5.78. The van der Waals surface area contributed by atoms with Crippen LogP contribution in [0.25, 0.3) is 0 Å². The number of alkyl halides is 3. The molecule has 0 aliphatic heterocycles. The highest BCUT2D eigenvalue weighted by Gasteiger charge is 2.29. The summed E-state index contributed by atoms with van der Waals surface area (Å²) in [4.78, 5) is 0. The number of hydrazine groups is 1. The van der Waals surface area contributed by atoms with Crippen LogP contribution in [0.5, 0.6) is 0 Å². The Morgan fingerprint density at radius 3 is 2.39 bits per heavy atom. The van der Waals surface area contributed by atoms with Crippen LogP contribution < -0.4 is 11.3 Å². The van der Waals surface area contributed by atoms with E-state index in [9.17, 15) is 22.0 Å². The monoisotopic (exact) mass is 332 g/mol. The average Bonchev–Trinajstić information content (AvgIpc) is 2.28. The Labute approximate surface area is 108 Å². The molecular formula is C10H10BrF5N2. The van der Waals surface area contributed by atoms with Crippen LogP contribution in [-0.4, -0.2) is 6.18 Å². The molecule has 1 unspecified atom stereocenters. The summed E-state index contributed by atoms with van der Waals surface area (Å²) >= 11 is 2.80. The van der Waals surface area contributed by atoms with Gasteiger partial charge < -0.3 is 0 Å². The van der Waals surface area contributed by atoms with Gasteiger partial charge >= 0.3 is 6.18 Å². The molecule has 1 atom stereocenters. The van der Waals surface area contributed by atoms with Gasteiger partial charge in [0.25, 0.3) is 0 Å². The second-order valence-corrected chi connectivity index (χ2v) is 4.43. The van der Waals surface area contributed by atoms with Crippen LogP contribution in [0, 0.1) is 11.6 Å². The lowest BCUT2D eigenvalue weighted by Gasteiger charge is -2.19. The average molecular weight is 333 g/mol. The third-order valence-corrected chi connectivity index (χ3v) is 3.16. The molecule has 2 nitrogen and oxygen atoms in total. The molecule has 0 fully saturated rings. The Bertz CT molecular complexity index is 421. The Kier molecular flexibility index (Phi) is 5.06. The maximum absolute atomic E-state index is 13.2. The summed E-state index contributed by atoms with van der Waals surface area (Å²) in [5, 5.41) is 0. The van der Waals surface area contributed by atoms with Crippen molar-refractivity contribution in [3.63, 3.8) is 0 Å². The van der Waals surface area contributed by atoms with Gasteiger partial charge in [0.05, 0.1) is 4.47 Å². The first-order chi connectivity index (χ1) is 8.26. The summed E-state index contributed by atoms with van der Waals surface area (Å²) in [6.45, 7) is 0. The SMILES string of the molecule is NNC(CCC(F)(F)F)c1ccc(F)c(F)c1Br. The van der Waals surface area contributed by atoms with E-state index in [1.54, 1.807) is 0 Å². The Balaban J connectivity index is 2.92. The molecule has 8 heteroatoms. The summed E-state index contributed by atoms with van der Waals surface area (Å²) in [6, 6.07) is 1.10. The van der Waals surface area contributed by atoms with Crippen molar-refractivity contribution in [1.29, 1.82) is 0 Å². The molecule has 0 radical (unpaired) electrons. The van der Waals surface area contributed by atoms with Crippen LogP contribution in [-0.2, 0) is 0 Å². The molecule has 18 heavy (non-hydrogen) atoms. The number of nitrogens with two attached hydrogens (primary N) is 1. The standard InChI is InChI=1S/C10H10BrF5N2/c11-8-5(1-2-6(12)9(8)13)7(18-17)3-4-10(14,15)16/h1-2,7,18H,3-4,17H2. The number of halogens is 6. The molecule has 102 valence electrons. The van der Waals surface area contributed by atoms with Crippen LogP contribution in [0.3, 0.4) is 0 Å². The highest BCUT2D eigenvalue weighted by molar-refractivity contribution is 9.10. The number of hydrogen-bond acceptors (Lipinski definition) is 2. The van der Waals surface area contributed by atoms with Gasteiger partial charge in [-0.05, 0) is 34.0 Å². The molecule has 0 aliphatic carbocycles. The predicted octanol–water partition coefficient (Wildman–Crippen LogP) is 3.57. The van der Waals surface area contributed by atoms with E-state index in [0.717, 1.165) is 6.07 Å². The first kappa shape index (κ1) is 15.3. The zero-order chi connectivity index (χ0) is 13.9. The molecule has 0 aliphatic rings. The minimum absolute atomic E-state index is 0.139. The molecular weight excluding hydrogens is 323 g/mol. The highest BCUT2D eigenvalue weighted by atomic mass is 79.9. The summed E-state index contributed by atoms with van der Waals surface area (Å²) in [5.41, 5.74) is 2.30. The molecule has 0 saturated carbocycles. The van der Waals surface area contributed by atoms with E-state index in [1.165, 1.54) is 6.07 Å². The van der Waals surface area contributed by atoms with Crippen molar-refractivity contribution < 1.29 is 22.0 Å². The molecule has 0 saturated heterocycles. The molecule has 0 aromatic heterocycles. The number of benzene rings is 1. The molecule has 1 aromatic carbocycles. The van der Waals surface area contributed by atoms with E-state index < -0.39 is 30.3 Å². The topological polar surface area (TPSA) is 38.0 Å². The van der Waals surface area contributed by atoms with Crippen LogP contribution in [0.4, 0.5) is 22.0 Å². The number of rotatable bonds is 4. The van der Waals surface area contributed by atoms with Crippen LogP contribution in [0.2, 0.25) is 0 Å². The minimum Gasteiger partial charge on any atom is -0.271 e. The van der Waals surface area contributed by atoms with Gasteiger partial charge in [-0.1, -0.05) is 6.07 Å². The first-order valence-corrected chi connectivity index (χ1v) is 5.72. The third-order valence-electron chi connectivity index (χ3n) is 2.36. The van der Waals surface area contributed by atoms with Gasteiger partial charge in [0.15, 0.2) is 11.6 Å². The van der Waals surface area contributed by atoms with Gasteiger partial charge in [-0.2, -0.15) is 13.2 Å². The van der Waals surface area contributed by atoms with Gasteiger partial charge in [0, 0.05) is 12.5 Å². The number of nitrogens with one attached hydrogen (secondary N) is 1. The highest BCUT2D eigenvalue weighted by Crippen LogP contribution is 2.32. The maximum atomic E-state index is 13.2. The van der Waals surface area contributed by atoms with Gasteiger partial charge in [0.2, 0.25) is 0 Å². The third kappa shape index (κ3) is 3.89. The van der Waals surface area contributed by atoms with Crippen LogP contribution in [0.15, 0.2) is 16.6 Å². The quantitative estimate of drug-likeness (QED) is 0.383.